The molecule has 0 atom stereocenters. The number of ether oxygens (including phenoxy) is 2. The molecule has 0 saturated carbocycles. The molecule has 0 bridgehead atoms. The summed E-state index contributed by atoms with van der Waals surface area (Å²) in [5.74, 6) is 0.368. The van der Waals surface area contributed by atoms with E-state index in [9.17, 15) is 4.79 Å². The molecule has 0 aliphatic carbocycles. The number of benzene rings is 1. The summed E-state index contributed by atoms with van der Waals surface area (Å²) < 4.78 is 10.4. The predicted molar refractivity (Wildman–Crippen MR) is 82.1 cm³/mol. The van der Waals surface area contributed by atoms with Gasteiger partial charge in [-0.3, -0.25) is 4.79 Å². The maximum Gasteiger partial charge on any atom is 0.305 e. The highest BCUT2D eigenvalue weighted by atomic mass is 35.5. The van der Waals surface area contributed by atoms with Crippen LogP contribution in [0.2, 0.25) is 15.1 Å². The van der Waals surface area contributed by atoms with Crippen molar-refractivity contribution in [3.8, 4) is 5.75 Å². The first-order chi connectivity index (χ1) is 9.54. The first kappa shape index (κ1) is 17.4. The Labute approximate surface area is 134 Å². The van der Waals surface area contributed by atoms with Crippen molar-refractivity contribution in [3.05, 3.63) is 27.2 Å². The molecule has 0 radical (unpaired) electrons. The van der Waals surface area contributed by atoms with Crippen molar-refractivity contribution in [2.75, 3.05) is 13.2 Å². The van der Waals surface area contributed by atoms with E-state index in [2.05, 4.69) is 0 Å². The van der Waals surface area contributed by atoms with E-state index in [1.807, 2.05) is 0 Å². The van der Waals surface area contributed by atoms with Crippen molar-refractivity contribution in [1.82, 2.24) is 0 Å². The van der Waals surface area contributed by atoms with Gasteiger partial charge < -0.3 is 9.47 Å². The van der Waals surface area contributed by atoms with Crippen LogP contribution in [0.25, 0.3) is 0 Å². The maximum absolute atomic E-state index is 11.1. The van der Waals surface area contributed by atoms with E-state index in [0.717, 1.165) is 19.3 Å². The standard InChI is InChI=1S/C14H17Cl3O3/c1-2-19-14(18)6-4-3-5-7-20-13-9-11(16)10(15)8-12(13)17/h8-9H,2-7H2,1H3. The lowest BCUT2D eigenvalue weighted by Gasteiger charge is -2.09. The van der Waals surface area contributed by atoms with E-state index in [1.54, 1.807) is 19.1 Å². The summed E-state index contributed by atoms with van der Waals surface area (Å²) >= 11 is 17.7. The van der Waals surface area contributed by atoms with E-state index in [-0.39, 0.29) is 5.97 Å². The Kier molecular flexibility index (Phi) is 8.12. The van der Waals surface area contributed by atoms with Crippen LogP contribution in [-0.2, 0) is 9.53 Å². The summed E-state index contributed by atoms with van der Waals surface area (Å²) in [6, 6.07) is 3.16. The maximum atomic E-state index is 11.1. The summed E-state index contributed by atoms with van der Waals surface area (Å²) in [5.41, 5.74) is 0. The SMILES string of the molecule is CCOC(=O)CCCCCOc1cc(Cl)c(Cl)cc1Cl. The van der Waals surface area contributed by atoms with Crippen molar-refractivity contribution in [2.24, 2.45) is 0 Å². The van der Waals surface area contributed by atoms with Crippen LogP contribution < -0.4 is 4.74 Å². The smallest absolute Gasteiger partial charge is 0.305 e. The van der Waals surface area contributed by atoms with Gasteiger partial charge in [-0.25, -0.2) is 0 Å². The van der Waals surface area contributed by atoms with Crippen LogP contribution in [0.1, 0.15) is 32.6 Å². The fourth-order valence-electron chi connectivity index (χ4n) is 1.58. The van der Waals surface area contributed by atoms with E-state index >= 15 is 0 Å². The van der Waals surface area contributed by atoms with E-state index in [4.69, 9.17) is 44.3 Å². The van der Waals surface area contributed by atoms with Gasteiger partial charge in [-0.15, -0.1) is 0 Å². The van der Waals surface area contributed by atoms with Gasteiger partial charge in [-0.05, 0) is 32.3 Å². The molecule has 0 fully saturated rings. The average Bonchev–Trinajstić information content (AvgIpc) is 2.39. The van der Waals surface area contributed by atoms with Crippen LogP contribution in [0, 0.1) is 0 Å². The number of unbranched alkanes of at least 4 members (excludes halogenated alkanes) is 2. The zero-order chi connectivity index (χ0) is 15.0. The molecule has 6 heteroatoms. The zero-order valence-electron chi connectivity index (χ0n) is 11.3. The largest absolute Gasteiger partial charge is 0.492 e. The van der Waals surface area contributed by atoms with Gasteiger partial charge >= 0.3 is 5.97 Å². The molecule has 0 N–H and O–H groups in total. The molecule has 0 spiro atoms. The van der Waals surface area contributed by atoms with E-state index in [0.29, 0.717) is 40.5 Å². The number of carbonyl (C=O) groups excluding carboxylic acids is 1. The third-order valence-electron chi connectivity index (χ3n) is 2.56. The molecular weight excluding hydrogens is 323 g/mol. The van der Waals surface area contributed by atoms with Crippen molar-refractivity contribution < 1.29 is 14.3 Å². The molecule has 1 aromatic carbocycles. The van der Waals surface area contributed by atoms with Crippen molar-refractivity contribution in [1.29, 1.82) is 0 Å². The first-order valence-electron chi connectivity index (χ1n) is 6.47. The number of esters is 1. The Morgan fingerprint density at radius 2 is 1.75 bits per heavy atom. The third kappa shape index (κ3) is 6.21. The summed E-state index contributed by atoms with van der Waals surface area (Å²) in [6.07, 6.45) is 2.95. The topological polar surface area (TPSA) is 35.5 Å². The van der Waals surface area contributed by atoms with Gasteiger partial charge in [-0.2, -0.15) is 0 Å². The number of hydrogen-bond acceptors (Lipinski definition) is 3. The van der Waals surface area contributed by atoms with Crippen LogP contribution in [0.5, 0.6) is 5.75 Å². The highest BCUT2D eigenvalue weighted by Gasteiger charge is 2.07. The van der Waals surface area contributed by atoms with Gasteiger partial charge in [0.25, 0.3) is 0 Å². The van der Waals surface area contributed by atoms with Gasteiger partial charge in [-0.1, -0.05) is 34.8 Å². The molecule has 3 nitrogen and oxygen atoms in total. The van der Waals surface area contributed by atoms with Crippen LogP contribution in [-0.4, -0.2) is 19.2 Å². The van der Waals surface area contributed by atoms with Gasteiger partial charge in [0, 0.05) is 12.5 Å². The Morgan fingerprint density at radius 1 is 1.05 bits per heavy atom. The minimum Gasteiger partial charge on any atom is -0.492 e. The molecule has 112 valence electrons. The fourth-order valence-corrected chi connectivity index (χ4v) is 2.17. The molecule has 0 aromatic heterocycles. The highest BCUT2D eigenvalue weighted by molar-refractivity contribution is 6.43. The lowest BCUT2D eigenvalue weighted by atomic mass is 10.2. The second-order valence-corrected chi connectivity index (χ2v) is 5.38. The minimum atomic E-state index is -0.152. The summed E-state index contributed by atoms with van der Waals surface area (Å²) in [4.78, 5) is 11.1. The molecule has 0 aliphatic heterocycles. The van der Waals surface area contributed by atoms with E-state index < -0.39 is 0 Å². The summed E-state index contributed by atoms with van der Waals surface area (Å²) in [7, 11) is 0. The monoisotopic (exact) mass is 338 g/mol. The first-order valence-corrected chi connectivity index (χ1v) is 7.61. The molecule has 0 aliphatic rings. The number of hydrogen-bond donors (Lipinski definition) is 0. The highest BCUT2D eigenvalue weighted by Crippen LogP contribution is 2.33. The number of carbonyl (C=O) groups is 1. The summed E-state index contributed by atoms with van der Waals surface area (Å²) in [6.45, 7) is 2.74. The molecule has 1 rings (SSSR count). The lowest BCUT2D eigenvalue weighted by Crippen LogP contribution is -2.04. The lowest BCUT2D eigenvalue weighted by molar-refractivity contribution is -0.143. The van der Waals surface area contributed by atoms with Crippen LogP contribution in [0.3, 0.4) is 0 Å². The second-order valence-electron chi connectivity index (χ2n) is 4.16. The van der Waals surface area contributed by atoms with Crippen LogP contribution >= 0.6 is 34.8 Å². The molecule has 0 heterocycles. The van der Waals surface area contributed by atoms with Crippen molar-refractivity contribution in [3.63, 3.8) is 0 Å². The van der Waals surface area contributed by atoms with Gasteiger partial charge in [0.2, 0.25) is 0 Å². The van der Waals surface area contributed by atoms with E-state index in [1.165, 1.54) is 0 Å². The predicted octanol–water partition coefficient (Wildman–Crippen LogP) is 5.15. The number of rotatable bonds is 8. The molecule has 20 heavy (non-hydrogen) atoms. The minimum absolute atomic E-state index is 0.152. The average molecular weight is 340 g/mol. The molecule has 0 unspecified atom stereocenters. The molecule has 0 saturated heterocycles. The van der Waals surface area contributed by atoms with Gasteiger partial charge in [0.1, 0.15) is 5.75 Å². The fraction of sp³-hybridized carbons (Fsp3) is 0.500. The molecule has 0 amide bonds. The molecule has 1 aromatic rings. The number of halogens is 3. The third-order valence-corrected chi connectivity index (χ3v) is 3.58. The summed E-state index contributed by atoms with van der Waals surface area (Å²) in [5, 5.41) is 1.25. The van der Waals surface area contributed by atoms with Gasteiger partial charge in [0.05, 0.1) is 28.3 Å². The Balaban J connectivity index is 2.22. The normalized spacial score (nSPS) is 10.4. The second kappa shape index (κ2) is 9.32. The van der Waals surface area contributed by atoms with Crippen LogP contribution in [0.4, 0.5) is 0 Å². The zero-order valence-corrected chi connectivity index (χ0v) is 13.5. The Bertz CT molecular complexity index is 450. The van der Waals surface area contributed by atoms with Crippen LogP contribution in [0.15, 0.2) is 12.1 Å². The van der Waals surface area contributed by atoms with Crippen molar-refractivity contribution >= 4 is 40.8 Å². The Morgan fingerprint density at radius 3 is 2.45 bits per heavy atom. The Hall–Kier alpha value is -0.640. The van der Waals surface area contributed by atoms with Crippen molar-refractivity contribution in [2.45, 2.75) is 32.6 Å². The quantitative estimate of drug-likeness (QED) is 0.373. The van der Waals surface area contributed by atoms with Gasteiger partial charge in [0.15, 0.2) is 0 Å². The molecular formula is C14H17Cl3O3.